The summed E-state index contributed by atoms with van der Waals surface area (Å²) < 4.78 is 32.4. The second-order valence-electron chi connectivity index (χ2n) is 12.1. The molecule has 0 atom stereocenters. The van der Waals surface area contributed by atoms with E-state index in [1.807, 2.05) is 53.7 Å². The molecule has 0 fully saturated rings. The number of amides is 1. The van der Waals surface area contributed by atoms with Crippen LogP contribution in [0.25, 0.3) is 11.0 Å². The van der Waals surface area contributed by atoms with E-state index in [9.17, 15) is 18.0 Å². The number of carbonyl (C=O) groups is 2. The molecule has 2 N–H and O–H groups in total. The normalized spacial score (nSPS) is 14.0. The molecule has 1 amide bonds. The molecule has 9 heteroatoms. The molecule has 216 valence electrons. The first kappa shape index (κ1) is 29.1. The Morgan fingerprint density at radius 3 is 2.45 bits per heavy atom. The molecule has 2 aromatic carbocycles. The Kier molecular flexibility index (Phi) is 7.02. The van der Waals surface area contributed by atoms with Gasteiger partial charge >= 0.3 is 0 Å². The SMILES string of the molecule is CCc1cc(C(=O)NC(C)(C)C)cc(C#Cc2ccc3c4c(oc3c2)C(C)(C)c2cc(NS(C)(=O)=O)ccc2C4=O)n1. The monoisotopic (exact) mass is 583 g/mol. The maximum atomic E-state index is 13.6. The Morgan fingerprint density at radius 1 is 1.05 bits per heavy atom. The second kappa shape index (κ2) is 10.1. The molecular formula is C33H33N3O5S. The van der Waals surface area contributed by atoms with E-state index in [0.29, 0.717) is 62.3 Å². The number of ketones is 1. The maximum absolute atomic E-state index is 13.6. The summed E-state index contributed by atoms with van der Waals surface area (Å²) in [7, 11) is -3.48. The van der Waals surface area contributed by atoms with Crippen LogP contribution in [-0.4, -0.2) is 36.9 Å². The molecule has 0 spiro atoms. The van der Waals surface area contributed by atoms with Gasteiger partial charge in [-0.2, -0.15) is 0 Å². The summed E-state index contributed by atoms with van der Waals surface area (Å²) in [4.78, 5) is 31.0. The molecular weight excluding hydrogens is 550 g/mol. The number of nitrogens with zero attached hydrogens (tertiary/aromatic N) is 1. The molecule has 0 bridgehead atoms. The van der Waals surface area contributed by atoms with Gasteiger partial charge in [-0.15, -0.1) is 0 Å². The standard InChI is InChI=1S/C33H33N3O5S/c1-8-21-16-20(31(38)35-32(2,3)4)17-22(34-21)11-9-19-10-13-25-27(15-19)41-30-28(25)29(37)24-14-12-23(36-42(7,39)40)18-26(24)33(30,5)6/h10,12-18,36H,8H2,1-7H3,(H,35,38). The Bertz CT molecular complexity index is 1950. The average molecular weight is 584 g/mol. The van der Waals surface area contributed by atoms with Crippen molar-refractivity contribution in [2.75, 3.05) is 11.0 Å². The average Bonchev–Trinajstić information content (AvgIpc) is 3.29. The van der Waals surface area contributed by atoms with Crippen molar-refractivity contribution in [3.05, 3.63) is 93.5 Å². The fourth-order valence-electron chi connectivity index (χ4n) is 5.15. The summed E-state index contributed by atoms with van der Waals surface area (Å²) in [5, 5.41) is 3.66. The van der Waals surface area contributed by atoms with Crippen LogP contribution >= 0.6 is 0 Å². The van der Waals surface area contributed by atoms with Crippen LogP contribution in [0.15, 0.2) is 52.9 Å². The first-order valence-corrected chi connectivity index (χ1v) is 15.5. The van der Waals surface area contributed by atoms with Crippen molar-refractivity contribution in [2.45, 2.75) is 58.9 Å². The van der Waals surface area contributed by atoms with Gasteiger partial charge in [0.1, 0.15) is 17.0 Å². The van der Waals surface area contributed by atoms with Gasteiger partial charge < -0.3 is 9.73 Å². The number of furan rings is 1. The molecule has 5 rings (SSSR count). The van der Waals surface area contributed by atoms with Crippen molar-refractivity contribution in [3.8, 4) is 11.8 Å². The second-order valence-corrected chi connectivity index (χ2v) is 13.9. The molecule has 0 radical (unpaired) electrons. The van der Waals surface area contributed by atoms with Crippen LogP contribution in [0.5, 0.6) is 0 Å². The highest BCUT2D eigenvalue weighted by atomic mass is 32.2. The van der Waals surface area contributed by atoms with E-state index in [2.05, 4.69) is 26.9 Å². The summed E-state index contributed by atoms with van der Waals surface area (Å²) >= 11 is 0. The number of benzene rings is 2. The molecule has 0 unspecified atom stereocenters. The number of carbonyl (C=O) groups excluding carboxylic acids is 2. The Hall–Kier alpha value is -4.42. The summed E-state index contributed by atoms with van der Waals surface area (Å²) in [5.74, 6) is 6.36. The molecule has 4 aromatic rings. The van der Waals surface area contributed by atoms with Crippen molar-refractivity contribution in [1.29, 1.82) is 0 Å². The van der Waals surface area contributed by atoms with Crippen LogP contribution in [0.1, 0.15) is 96.1 Å². The molecule has 8 nitrogen and oxygen atoms in total. The van der Waals surface area contributed by atoms with E-state index in [0.717, 1.165) is 11.9 Å². The lowest BCUT2D eigenvalue weighted by atomic mass is 9.71. The zero-order valence-electron chi connectivity index (χ0n) is 24.7. The van der Waals surface area contributed by atoms with Crippen LogP contribution in [0.2, 0.25) is 0 Å². The maximum Gasteiger partial charge on any atom is 0.251 e. The lowest BCUT2D eigenvalue weighted by Gasteiger charge is -2.31. The van der Waals surface area contributed by atoms with Crippen LogP contribution < -0.4 is 10.0 Å². The predicted molar refractivity (Wildman–Crippen MR) is 163 cm³/mol. The molecule has 1 aliphatic carbocycles. The zero-order chi connectivity index (χ0) is 30.6. The van der Waals surface area contributed by atoms with Crippen LogP contribution in [0, 0.1) is 11.8 Å². The minimum Gasteiger partial charge on any atom is -0.459 e. The number of aromatic nitrogens is 1. The first-order valence-electron chi connectivity index (χ1n) is 13.7. The van der Waals surface area contributed by atoms with Gasteiger partial charge in [0.05, 0.1) is 11.8 Å². The lowest BCUT2D eigenvalue weighted by molar-refractivity contribution is 0.0918. The van der Waals surface area contributed by atoms with Gasteiger partial charge in [-0.1, -0.05) is 12.8 Å². The quantitative estimate of drug-likeness (QED) is 0.304. The summed E-state index contributed by atoms with van der Waals surface area (Å²) in [6.45, 7) is 11.7. The van der Waals surface area contributed by atoms with Crippen molar-refractivity contribution in [2.24, 2.45) is 0 Å². The van der Waals surface area contributed by atoms with Gasteiger partial charge in [-0.3, -0.25) is 14.3 Å². The number of fused-ring (bicyclic) bond motifs is 4. The van der Waals surface area contributed by atoms with E-state index < -0.39 is 15.4 Å². The fraction of sp³-hybridized carbons (Fsp3) is 0.303. The summed E-state index contributed by atoms with van der Waals surface area (Å²) in [5.41, 5.74) is 3.94. The Labute approximate surface area is 246 Å². The minimum absolute atomic E-state index is 0.176. The minimum atomic E-state index is -3.48. The molecule has 1 aliphatic rings. The number of pyridine rings is 1. The third-order valence-electron chi connectivity index (χ3n) is 7.05. The zero-order valence-corrected chi connectivity index (χ0v) is 25.5. The lowest BCUT2D eigenvalue weighted by Crippen LogP contribution is -2.40. The number of anilines is 1. The number of nitrogens with one attached hydrogen (secondary N) is 2. The fourth-order valence-corrected chi connectivity index (χ4v) is 5.70. The van der Waals surface area contributed by atoms with Crippen molar-refractivity contribution >= 4 is 38.4 Å². The van der Waals surface area contributed by atoms with Crippen molar-refractivity contribution in [3.63, 3.8) is 0 Å². The smallest absolute Gasteiger partial charge is 0.251 e. The van der Waals surface area contributed by atoms with E-state index in [4.69, 9.17) is 4.42 Å². The van der Waals surface area contributed by atoms with Gasteiger partial charge in [0, 0.05) is 44.4 Å². The van der Waals surface area contributed by atoms with Gasteiger partial charge in [0.25, 0.3) is 5.91 Å². The third-order valence-corrected chi connectivity index (χ3v) is 7.66. The van der Waals surface area contributed by atoms with Crippen molar-refractivity contribution in [1.82, 2.24) is 10.3 Å². The van der Waals surface area contributed by atoms with E-state index in [1.165, 1.54) is 0 Å². The number of hydrogen-bond donors (Lipinski definition) is 2. The molecule has 0 saturated heterocycles. The number of sulfonamides is 1. The highest BCUT2D eigenvalue weighted by molar-refractivity contribution is 7.92. The van der Waals surface area contributed by atoms with Gasteiger partial charge in [-0.05, 0) is 101 Å². The molecule has 42 heavy (non-hydrogen) atoms. The van der Waals surface area contributed by atoms with E-state index >= 15 is 0 Å². The molecule has 0 saturated carbocycles. The highest BCUT2D eigenvalue weighted by Crippen LogP contribution is 2.46. The van der Waals surface area contributed by atoms with Crippen LogP contribution in [0.3, 0.4) is 0 Å². The number of aryl methyl sites for hydroxylation is 1. The van der Waals surface area contributed by atoms with Gasteiger partial charge in [-0.25, -0.2) is 13.4 Å². The van der Waals surface area contributed by atoms with Crippen molar-refractivity contribution < 1.29 is 22.4 Å². The Morgan fingerprint density at radius 2 is 1.79 bits per heavy atom. The summed E-state index contributed by atoms with van der Waals surface area (Å²) in [6, 6.07) is 13.9. The molecule has 2 heterocycles. The first-order chi connectivity index (χ1) is 19.6. The summed E-state index contributed by atoms with van der Waals surface area (Å²) in [6.07, 6.45) is 1.74. The van der Waals surface area contributed by atoms with Gasteiger partial charge in [0.2, 0.25) is 10.0 Å². The van der Waals surface area contributed by atoms with Crippen LogP contribution in [-0.2, 0) is 21.9 Å². The molecule has 2 aromatic heterocycles. The van der Waals surface area contributed by atoms with Gasteiger partial charge in [0.15, 0.2) is 5.78 Å². The molecule has 0 aliphatic heterocycles. The highest BCUT2D eigenvalue weighted by Gasteiger charge is 2.41. The van der Waals surface area contributed by atoms with E-state index in [-0.39, 0.29) is 17.2 Å². The topological polar surface area (TPSA) is 118 Å². The van der Waals surface area contributed by atoms with E-state index in [1.54, 1.807) is 36.4 Å². The number of rotatable bonds is 4. The third kappa shape index (κ3) is 5.68. The largest absolute Gasteiger partial charge is 0.459 e. The van der Waals surface area contributed by atoms with Crippen LogP contribution in [0.4, 0.5) is 5.69 Å². The number of hydrogen-bond acceptors (Lipinski definition) is 6. The predicted octanol–water partition coefficient (Wildman–Crippen LogP) is 5.56. The Balaban J connectivity index is 1.52.